The van der Waals surface area contributed by atoms with Crippen LogP contribution in [0.3, 0.4) is 0 Å². The lowest BCUT2D eigenvalue weighted by atomic mass is 10.0. The van der Waals surface area contributed by atoms with Crippen LogP contribution in [0, 0.1) is 18.3 Å². The maximum Gasteiger partial charge on any atom is 0.387 e. The fourth-order valence-electron chi connectivity index (χ4n) is 1.16. The molecule has 0 heterocycles. The third kappa shape index (κ3) is 2.29. The summed E-state index contributed by atoms with van der Waals surface area (Å²) in [7, 11) is 0. The van der Waals surface area contributed by atoms with Crippen molar-refractivity contribution in [1.82, 2.24) is 0 Å². The maximum absolute atomic E-state index is 12.0. The van der Waals surface area contributed by atoms with Crippen molar-refractivity contribution in [2.45, 2.75) is 13.5 Å². The zero-order valence-electron chi connectivity index (χ0n) is 7.83. The van der Waals surface area contributed by atoms with Gasteiger partial charge in [-0.1, -0.05) is 6.07 Å². The van der Waals surface area contributed by atoms with Gasteiger partial charge in [0, 0.05) is 5.56 Å². The normalized spacial score (nSPS) is 9.80. The van der Waals surface area contributed by atoms with Crippen LogP contribution in [-0.4, -0.2) is 12.9 Å². The second-order valence-electron chi connectivity index (χ2n) is 2.78. The average Bonchev–Trinajstić information content (AvgIpc) is 2.20. The highest BCUT2D eigenvalue weighted by molar-refractivity contribution is 5.81. The van der Waals surface area contributed by atoms with Crippen molar-refractivity contribution in [2.24, 2.45) is 0 Å². The molecule has 0 N–H and O–H groups in total. The molecule has 1 aromatic rings. The summed E-state index contributed by atoms with van der Waals surface area (Å²) in [5, 5.41) is 8.73. The van der Waals surface area contributed by atoms with Crippen LogP contribution in [0.4, 0.5) is 8.78 Å². The SMILES string of the molecule is Cc1ccc(C=O)c(C#N)c1OC(F)F. The Bertz CT molecular complexity index is 424. The molecule has 0 fully saturated rings. The van der Waals surface area contributed by atoms with Crippen molar-refractivity contribution in [1.29, 1.82) is 5.26 Å². The molecule has 1 rings (SSSR count). The predicted molar refractivity (Wildman–Crippen MR) is 47.9 cm³/mol. The van der Waals surface area contributed by atoms with E-state index in [9.17, 15) is 13.6 Å². The number of hydrogen-bond donors (Lipinski definition) is 0. The molecule has 0 spiro atoms. The molecular formula is C10H7F2NO2. The van der Waals surface area contributed by atoms with E-state index in [1.807, 2.05) is 0 Å². The summed E-state index contributed by atoms with van der Waals surface area (Å²) in [5.41, 5.74) is 0.265. The highest BCUT2D eigenvalue weighted by Crippen LogP contribution is 2.26. The second kappa shape index (κ2) is 4.51. The van der Waals surface area contributed by atoms with Gasteiger partial charge in [-0.2, -0.15) is 14.0 Å². The smallest absolute Gasteiger partial charge is 0.387 e. The molecule has 0 aromatic heterocycles. The van der Waals surface area contributed by atoms with E-state index in [0.29, 0.717) is 11.8 Å². The van der Waals surface area contributed by atoms with Gasteiger partial charge in [0.05, 0.1) is 0 Å². The Labute approximate surface area is 84.9 Å². The van der Waals surface area contributed by atoms with Gasteiger partial charge in [0.1, 0.15) is 17.4 Å². The van der Waals surface area contributed by atoms with E-state index >= 15 is 0 Å². The molecule has 0 radical (unpaired) electrons. The molecular weight excluding hydrogens is 204 g/mol. The van der Waals surface area contributed by atoms with Gasteiger partial charge in [-0.15, -0.1) is 0 Å². The minimum Gasteiger partial charge on any atom is -0.433 e. The summed E-state index contributed by atoms with van der Waals surface area (Å²) in [6.07, 6.45) is 0.427. The summed E-state index contributed by atoms with van der Waals surface area (Å²) >= 11 is 0. The van der Waals surface area contributed by atoms with Crippen molar-refractivity contribution in [3.8, 4) is 11.8 Å². The highest BCUT2D eigenvalue weighted by Gasteiger charge is 2.15. The molecule has 0 saturated heterocycles. The molecule has 15 heavy (non-hydrogen) atoms. The summed E-state index contributed by atoms with van der Waals surface area (Å²) < 4.78 is 28.3. The van der Waals surface area contributed by atoms with E-state index in [1.54, 1.807) is 6.07 Å². The summed E-state index contributed by atoms with van der Waals surface area (Å²) in [4.78, 5) is 10.5. The van der Waals surface area contributed by atoms with E-state index in [2.05, 4.69) is 4.74 Å². The maximum atomic E-state index is 12.0. The Morgan fingerprint density at radius 1 is 1.53 bits per heavy atom. The minimum atomic E-state index is -3.02. The summed E-state index contributed by atoms with van der Waals surface area (Å²) in [6.45, 7) is -1.50. The van der Waals surface area contributed by atoms with Crippen molar-refractivity contribution < 1.29 is 18.3 Å². The van der Waals surface area contributed by atoms with Gasteiger partial charge in [-0.05, 0) is 18.6 Å². The van der Waals surface area contributed by atoms with Gasteiger partial charge in [0.25, 0.3) is 0 Å². The Hall–Kier alpha value is -1.96. The number of benzene rings is 1. The Kier molecular flexibility index (Phi) is 3.34. The number of carbonyl (C=O) groups excluding carboxylic acids is 1. The fraction of sp³-hybridized carbons (Fsp3) is 0.200. The Morgan fingerprint density at radius 3 is 2.67 bits per heavy atom. The Morgan fingerprint density at radius 2 is 2.20 bits per heavy atom. The number of aldehydes is 1. The Balaban J connectivity index is 3.33. The molecule has 0 aliphatic carbocycles. The van der Waals surface area contributed by atoms with Crippen LogP contribution in [0.15, 0.2) is 12.1 Å². The second-order valence-corrected chi connectivity index (χ2v) is 2.78. The van der Waals surface area contributed by atoms with E-state index < -0.39 is 6.61 Å². The van der Waals surface area contributed by atoms with E-state index in [4.69, 9.17) is 5.26 Å². The van der Waals surface area contributed by atoms with E-state index in [0.717, 1.165) is 0 Å². The average molecular weight is 211 g/mol. The molecule has 5 heteroatoms. The topological polar surface area (TPSA) is 50.1 Å². The molecule has 0 atom stereocenters. The first-order chi connectivity index (χ1) is 7.10. The molecule has 3 nitrogen and oxygen atoms in total. The van der Waals surface area contributed by atoms with Gasteiger partial charge in [0.15, 0.2) is 6.29 Å². The number of hydrogen-bond acceptors (Lipinski definition) is 3. The number of carbonyl (C=O) groups is 1. The lowest BCUT2D eigenvalue weighted by molar-refractivity contribution is -0.0505. The van der Waals surface area contributed by atoms with Gasteiger partial charge >= 0.3 is 6.61 Å². The van der Waals surface area contributed by atoms with Crippen molar-refractivity contribution in [2.75, 3.05) is 0 Å². The molecule has 0 unspecified atom stereocenters. The van der Waals surface area contributed by atoms with E-state index in [1.165, 1.54) is 19.1 Å². The zero-order valence-corrected chi connectivity index (χ0v) is 7.83. The van der Waals surface area contributed by atoms with Crippen LogP contribution in [0.25, 0.3) is 0 Å². The van der Waals surface area contributed by atoms with Gasteiger partial charge in [0.2, 0.25) is 0 Å². The molecule has 0 saturated carbocycles. The number of halogens is 2. The minimum absolute atomic E-state index is 0.0405. The van der Waals surface area contributed by atoms with Crippen molar-refractivity contribution in [3.63, 3.8) is 0 Å². The third-order valence-corrected chi connectivity index (χ3v) is 1.83. The number of nitrogens with zero attached hydrogens (tertiary/aromatic N) is 1. The highest BCUT2D eigenvalue weighted by atomic mass is 19.3. The lowest BCUT2D eigenvalue weighted by Gasteiger charge is -2.10. The van der Waals surface area contributed by atoms with E-state index in [-0.39, 0.29) is 16.9 Å². The largest absolute Gasteiger partial charge is 0.433 e. The quantitative estimate of drug-likeness (QED) is 0.720. The van der Waals surface area contributed by atoms with Crippen LogP contribution in [0.5, 0.6) is 5.75 Å². The number of aryl methyl sites for hydroxylation is 1. The third-order valence-electron chi connectivity index (χ3n) is 1.83. The van der Waals surface area contributed by atoms with Crippen LogP contribution >= 0.6 is 0 Å². The van der Waals surface area contributed by atoms with Crippen molar-refractivity contribution in [3.05, 3.63) is 28.8 Å². The van der Waals surface area contributed by atoms with Gasteiger partial charge in [-0.3, -0.25) is 4.79 Å². The number of nitriles is 1. The van der Waals surface area contributed by atoms with Crippen LogP contribution in [-0.2, 0) is 0 Å². The molecule has 0 bridgehead atoms. The van der Waals surface area contributed by atoms with Gasteiger partial charge < -0.3 is 4.74 Å². The van der Waals surface area contributed by atoms with Crippen LogP contribution < -0.4 is 4.74 Å². The monoisotopic (exact) mass is 211 g/mol. The number of rotatable bonds is 3. The van der Waals surface area contributed by atoms with Gasteiger partial charge in [-0.25, -0.2) is 0 Å². The van der Waals surface area contributed by atoms with Crippen molar-refractivity contribution >= 4 is 6.29 Å². The molecule has 0 aliphatic heterocycles. The predicted octanol–water partition coefficient (Wildman–Crippen LogP) is 2.28. The zero-order chi connectivity index (χ0) is 11.4. The first-order valence-corrected chi connectivity index (χ1v) is 4.03. The summed E-state index contributed by atoms with van der Waals surface area (Å²) in [5.74, 6) is -0.239. The molecule has 78 valence electrons. The standard InChI is InChI=1S/C10H7F2NO2/c1-6-2-3-7(5-14)8(4-13)9(6)15-10(11)12/h2-3,5,10H,1H3. The first kappa shape index (κ1) is 11.1. The van der Waals surface area contributed by atoms with Crippen LogP contribution in [0.2, 0.25) is 0 Å². The lowest BCUT2D eigenvalue weighted by Crippen LogP contribution is -2.06. The van der Waals surface area contributed by atoms with Crippen LogP contribution in [0.1, 0.15) is 21.5 Å². The molecule has 0 amide bonds. The fourth-order valence-corrected chi connectivity index (χ4v) is 1.16. The summed E-state index contributed by atoms with van der Waals surface area (Å²) in [6, 6.07) is 4.51. The molecule has 0 aliphatic rings. The molecule has 1 aromatic carbocycles. The number of alkyl halides is 2. The first-order valence-electron chi connectivity index (χ1n) is 4.03. The number of ether oxygens (including phenoxy) is 1.